The van der Waals surface area contributed by atoms with Crippen LogP contribution in [0.3, 0.4) is 0 Å². The maximum Gasteiger partial charge on any atom is 0.287 e. The molecule has 1 unspecified atom stereocenters. The number of pyridine rings is 1. The molecule has 0 amide bonds. The second-order valence-corrected chi connectivity index (χ2v) is 5.88. The van der Waals surface area contributed by atoms with Crippen molar-refractivity contribution >= 4 is 11.5 Å². The first kappa shape index (κ1) is 15.4. The van der Waals surface area contributed by atoms with Gasteiger partial charge in [0.25, 0.3) is 5.69 Å². The Hall–Kier alpha value is -2.47. The Morgan fingerprint density at radius 3 is 2.78 bits per heavy atom. The quantitative estimate of drug-likeness (QED) is 0.679. The summed E-state index contributed by atoms with van der Waals surface area (Å²) in [4.78, 5) is 16.7. The topological polar surface area (TPSA) is 71.3 Å². The molecule has 0 radical (unpaired) electrons. The highest BCUT2D eigenvalue weighted by molar-refractivity contribution is 5.40. The molecule has 2 heterocycles. The van der Waals surface area contributed by atoms with E-state index in [1.807, 2.05) is 0 Å². The second-order valence-electron chi connectivity index (χ2n) is 5.88. The van der Waals surface area contributed by atoms with E-state index in [0.717, 1.165) is 26.1 Å². The van der Waals surface area contributed by atoms with Gasteiger partial charge in [-0.15, -0.1) is 0 Å². The number of hydrogen-bond donors (Lipinski definition) is 1. The van der Waals surface area contributed by atoms with Gasteiger partial charge < -0.3 is 5.32 Å². The first-order valence-electron chi connectivity index (χ1n) is 7.78. The van der Waals surface area contributed by atoms with Crippen LogP contribution in [-0.2, 0) is 13.0 Å². The minimum atomic E-state index is -0.440. The summed E-state index contributed by atoms with van der Waals surface area (Å²) in [6.45, 7) is 4.96. The van der Waals surface area contributed by atoms with Crippen molar-refractivity contribution in [1.29, 1.82) is 0 Å². The van der Waals surface area contributed by atoms with Crippen molar-refractivity contribution in [2.75, 3.05) is 18.4 Å². The molecule has 23 heavy (non-hydrogen) atoms. The molecule has 0 bridgehead atoms. The molecule has 120 valence electrons. The van der Waals surface area contributed by atoms with Crippen LogP contribution in [0.5, 0.6) is 0 Å². The van der Waals surface area contributed by atoms with Crippen molar-refractivity contribution in [3.63, 3.8) is 0 Å². The van der Waals surface area contributed by atoms with Gasteiger partial charge in [-0.3, -0.25) is 15.0 Å². The van der Waals surface area contributed by atoms with Crippen molar-refractivity contribution in [1.82, 2.24) is 9.88 Å². The van der Waals surface area contributed by atoms with Crippen LogP contribution in [0.1, 0.15) is 18.1 Å². The van der Waals surface area contributed by atoms with E-state index in [0.29, 0.717) is 11.9 Å². The van der Waals surface area contributed by atoms with Gasteiger partial charge >= 0.3 is 0 Å². The van der Waals surface area contributed by atoms with Crippen LogP contribution in [0.25, 0.3) is 0 Å². The summed E-state index contributed by atoms with van der Waals surface area (Å²) in [6, 6.07) is 12.1. The lowest BCUT2D eigenvalue weighted by molar-refractivity contribution is -0.385. The Labute approximate surface area is 135 Å². The van der Waals surface area contributed by atoms with Crippen LogP contribution in [0.15, 0.2) is 42.6 Å². The highest BCUT2D eigenvalue weighted by atomic mass is 16.6. The van der Waals surface area contributed by atoms with E-state index < -0.39 is 4.92 Å². The molecule has 0 saturated heterocycles. The average molecular weight is 312 g/mol. The summed E-state index contributed by atoms with van der Waals surface area (Å²) in [5.74, 6) is 0.667. The van der Waals surface area contributed by atoms with Gasteiger partial charge in [0, 0.05) is 31.7 Å². The average Bonchev–Trinajstić information content (AvgIpc) is 2.59. The molecule has 0 fully saturated rings. The minimum absolute atomic E-state index is 0.0104. The number of rotatable bonds is 5. The van der Waals surface area contributed by atoms with Crippen molar-refractivity contribution in [2.24, 2.45) is 0 Å². The molecule has 0 saturated carbocycles. The number of benzene rings is 1. The molecule has 1 aromatic heterocycles. The fourth-order valence-electron chi connectivity index (χ4n) is 2.87. The van der Waals surface area contributed by atoms with Crippen LogP contribution in [0, 0.1) is 10.1 Å². The Bertz CT molecular complexity index is 687. The second kappa shape index (κ2) is 6.75. The van der Waals surface area contributed by atoms with Gasteiger partial charge in [0.05, 0.1) is 4.92 Å². The summed E-state index contributed by atoms with van der Waals surface area (Å²) in [5, 5.41) is 13.9. The summed E-state index contributed by atoms with van der Waals surface area (Å²) in [5.41, 5.74) is 2.86. The number of nitrogens with one attached hydrogen (secondary N) is 1. The number of nitrogens with zero attached hydrogens (tertiary/aromatic N) is 3. The molecule has 3 rings (SSSR count). The van der Waals surface area contributed by atoms with E-state index in [9.17, 15) is 10.1 Å². The SMILES string of the molecule is CC(CNc1ccc([N+](=O)[O-])cn1)N1CCc2ccccc2C1. The monoisotopic (exact) mass is 312 g/mol. The third-order valence-electron chi connectivity index (χ3n) is 4.32. The largest absolute Gasteiger partial charge is 0.369 e. The van der Waals surface area contributed by atoms with Crippen LogP contribution in [-0.4, -0.2) is 33.9 Å². The fraction of sp³-hybridized carbons (Fsp3) is 0.353. The molecule has 1 atom stereocenters. The first-order valence-corrected chi connectivity index (χ1v) is 7.78. The van der Waals surface area contributed by atoms with Crippen molar-refractivity contribution in [2.45, 2.75) is 25.9 Å². The molecule has 1 aliphatic rings. The predicted octanol–water partition coefficient (Wildman–Crippen LogP) is 2.85. The maximum atomic E-state index is 10.6. The highest BCUT2D eigenvalue weighted by Gasteiger charge is 2.20. The summed E-state index contributed by atoms with van der Waals surface area (Å²) >= 11 is 0. The summed E-state index contributed by atoms with van der Waals surface area (Å²) in [6.07, 6.45) is 2.36. The molecule has 0 aliphatic carbocycles. The zero-order valence-electron chi connectivity index (χ0n) is 13.1. The van der Waals surface area contributed by atoms with E-state index >= 15 is 0 Å². The van der Waals surface area contributed by atoms with Gasteiger partial charge in [0.1, 0.15) is 12.0 Å². The zero-order chi connectivity index (χ0) is 16.2. The number of nitro groups is 1. The van der Waals surface area contributed by atoms with E-state index in [2.05, 4.69) is 46.4 Å². The Morgan fingerprint density at radius 1 is 1.30 bits per heavy atom. The molecule has 6 nitrogen and oxygen atoms in total. The summed E-state index contributed by atoms with van der Waals surface area (Å²) < 4.78 is 0. The molecule has 0 spiro atoms. The van der Waals surface area contributed by atoms with Gasteiger partial charge in [0.15, 0.2) is 0 Å². The maximum absolute atomic E-state index is 10.6. The zero-order valence-corrected chi connectivity index (χ0v) is 13.1. The molecule has 1 N–H and O–H groups in total. The summed E-state index contributed by atoms with van der Waals surface area (Å²) in [7, 11) is 0. The fourth-order valence-corrected chi connectivity index (χ4v) is 2.87. The number of aromatic nitrogens is 1. The molecular weight excluding hydrogens is 292 g/mol. The standard InChI is InChI=1S/C17H20N4O2/c1-13(10-18-17-7-6-16(11-19-17)21(22)23)20-9-8-14-4-2-3-5-15(14)12-20/h2-7,11,13H,8-10,12H2,1H3,(H,18,19). The van der Waals surface area contributed by atoms with Crippen molar-refractivity contribution in [3.8, 4) is 0 Å². The Morgan fingerprint density at radius 2 is 2.09 bits per heavy atom. The Kier molecular flexibility index (Phi) is 4.52. The normalized spacial score (nSPS) is 15.7. The Balaban J connectivity index is 1.55. The van der Waals surface area contributed by atoms with E-state index in [-0.39, 0.29) is 5.69 Å². The molecule has 1 aromatic carbocycles. The third kappa shape index (κ3) is 3.65. The van der Waals surface area contributed by atoms with E-state index in [1.165, 1.54) is 23.4 Å². The van der Waals surface area contributed by atoms with Gasteiger partial charge in [-0.1, -0.05) is 24.3 Å². The van der Waals surface area contributed by atoms with E-state index in [1.54, 1.807) is 6.07 Å². The predicted molar refractivity (Wildman–Crippen MR) is 89.4 cm³/mol. The number of fused-ring (bicyclic) bond motifs is 1. The molecular formula is C17H20N4O2. The smallest absolute Gasteiger partial charge is 0.287 e. The van der Waals surface area contributed by atoms with Gasteiger partial charge in [-0.05, 0) is 30.5 Å². The number of hydrogen-bond acceptors (Lipinski definition) is 5. The van der Waals surface area contributed by atoms with E-state index in [4.69, 9.17) is 0 Å². The molecule has 6 heteroatoms. The van der Waals surface area contributed by atoms with Crippen LogP contribution in [0.2, 0.25) is 0 Å². The third-order valence-corrected chi connectivity index (χ3v) is 4.32. The number of anilines is 1. The van der Waals surface area contributed by atoms with Gasteiger partial charge in [-0.2, -0.15) is 0 Å². The van der Waals surface area contributed by atoms with Gasteiger partial charge in [-0.25, -0.2) is 4.98 Å². The van der Waals surface area contributed by atoms with Crippen molar-refractivity contribution in [3.05, 3.63) is 63.8 Å². The van der Waals surface area contributed by atoms with Crippen LogP contribution >= 0.6 is 0 Å². The molecule has 1 aliphatic heterocycles. The van der Waals surface area contributed by atoms with Crippen molar-refractivity contribution < 1.29 is 4.92 Å². The van der Waals surface area contributed by atoms with Gasteiger partial charge in [0.2, 0.25) is 0 Å². The van der Waals surface area contributed by atoms with Crippen LogP contribution < -0.4 is 5.32 Å². The van der Waals surface area contributed by atoms with Crippen LogP contribution in [0.4, 0.5) is 11.5 Å². The molecule has 2 aromatic rings. The minimum Gasteiger partial charge on any atom is -0.369 e. The first-order chi connectivity index (χ1) is 11.1. The lowest BCUT2D eigenvalue weighted by Crippen LogP contribution is -2.41. The highest BCUT2D eigenvalue weighted by Crippen LogP contribution is 2.20. The lowest BCUT2D eigenvalue weighted by Gasteiger charge is -2.33. The lowest BCUT2D eigenvalue weighted by atomic mass is 9.99.